The highest BCUT2D eigenvalue weighted by molar-refractivity contribution is 8.04. The summed E-state index contributed by atoms with van der Waals surface area (Å²) in [6, 6.07) is 6.51. The molecular formula is C12H6N4O2S2. The molecule has 0 amide bonds. The SMILES string of the molecule is N#CSc1cc2sc(N)nc2c2cccc([N+](=O)[O-])c12. The normalized spacial score (nSPS) is 10.8. The first-order valence-corrected chi connectivity index (χ1v) is 7.07. The van der Waals surface area contributed by atoms with Gasteiger partial charge in [-0.05, 0) is 17.8 Å². The maximum Gasteiger partial charge on any atom is 0.278 e. The number of rotatable bonds is 2. The molecule has 0 aliphatic carbocycles. The molecule has 0 aliphatic heterocycles. The van der Waals surface area contributed by atoms with Gasteiger partial charge in [0.05, 0.1) is 20.5 Å². The number of nitrogens with zero attached hydrogens (tertiary/aromatic N) is 3. The first-order chi connectivity index (χ1) is 9.61. The Balaban J connectivity index is 2.54. The first kappa shape index (κ1) is 12.7. The second kappa shape index (κ2) is 4.63. The lowest BCUT2D eigenvalue weighted by Crippen LogP contribution is -1.91. The second-order valence-electron chi connectivity index (χ2n) is 3.92. The fourth-order valence-electron chi connectivity index (χ4n) is 2.11. The van der Waals surface area contributed by atoms with E-state index in [2.05, 4.69) is 4.98 Å². The zero-order chi connectivity index (χ0) is 14.3. The zero-order valence-electron chi connectivity index (χ0n) is 9.86. The Morgan fingerprint density at radius 1 is 1.50 bits per heavy atom. The monoisotopic (exact) mass is 302 g/mol. The summed E-state index contributed by atoms with van der Waals surface area (Å²) in [6.07, 6.45) is 0. The minimum absolute atomic E-state index is 0.0336. The fraction of sp³-hybridized carbons (Fsp3) is 0. The summed E-state index contributed by atoms with van der Waals surface area (Å²) in [4.78, 5) is 15.5. The maximum absolute atomic E-state index is 11.2. The summed E-state index contributed by atoms with van der Waals surface area (Å²) in [7, 11) is 0. The van der Waals surface area contributed by atoms with Crippen molar-refractivity contribution in [2.45, 2.75) is 4.90 Å². The van der Waals surface area contributed by atoms with Gasteiger partial charge in [-0.1, -0.05) is 23.5 Å². The lowest BCUT2D eigenvalue weighted by atomic mass is 10.1. The number of aromatic nitrogens is 1. The van der Waals surface area contributed by atoms with Gasteiger partial charge in [0.15, 0.2) is 5.13 Å². The number of benzene rings is 2. The molecule has 2 aromatic carbocycles. The Bertz CT molecular complexity index is 898. The highest BCUT2D eigenvalue weighted by atomic mass is 32.2. The molecule has 0 saturated heterocycles. The van der Waals surface area contributed by atoms with E-state index in [1.54, 1.807) is 18.2 Å². The number of nitriles is 1. The van der Waals surface area contributed by atoms with Crippen molar-refractivity contribution in [1.29, 1.82) is 5.26 Å². The van der Waals surface area contributed by atoms with E-state index < -0.39 is 4.92 Å². The van der Waals surface area contributed by atoms with E-state index in [1.165, 1.54) is 17.4 Å². The van der Waals surface area contributed by atoms with E-state index in [1.807, 2.05) is 5.40 Å². The van der Waals surface area contributed by atoms with Crippen molar-refractivity contribution in [3.63, 3.8) is 0 Å². The van der Waals surface area contributed by atoms with Crippen molar-refractivity contribution in [3.05, 3.63) is 34.4 Å². The van der Waals surface area contributed by atoms with Gasteiger partial charge in [0.25, 0.3) is 5.69 Å². The van der Waals surface area contributed by atoms with E-state index in [9.17, 15) is 10.1 Å². The van der Waals surface area contributed by atoms with Crippen LogP contribution in [0.4, 0.5) is 10.8 Å². The molecular weight excluding hydrogens is 296 g/mol. The Kier molecular flexibility index (Phi) is 2.93. The topological polar surface area (TPSA) is 106 Å². The van der Waals surface area contributed by atoms with Crippen LogP contribution in [-0.2, 0) is 0 Å². The van der Waals surface area contributed by atoms with Crippen molar-refractivity contribution < 1.29 is 4.92 Å². The Morgan fingerprint density at radius 3 is 3.00 bits per heavy atom. The van der Waals surface area contributed by atoms with E-state index in [4.69, 9.17) is 11.0 Å². The number of nitro groups is 1. The third-order valence-corrected chi connectivity index (χ3v) is 4.29. The molecule has 3 rings (SSSR count). The quantitative estimate of drug-likeness (QED) is 0.336. The minimum atomic E-state index is -0.453. The minimum Gasteiger partial charge on any atom is -0.375 e. The number of thiazole rings is 1. The van der Waals surface area contributed by atoms with E-state index in [0.29, 0.717) is 26.3 Å². The highest BCUT2D eigenvalue weighted by Gasteiger charge is 2.19. The molecule has 0 saturated carbocycles. The number of thiocyanates is 1. The third-order valence-electron chi connectivity index (χ3n) is 2.83. The average Bonchev–Trinajstić information content (AvgIpc) is 2.79. The molecule has 0 radical (unpaired) electrons. The molecule has 0 fully saturated rings. The van der Waals surface area contributed by atoms with Crippen molar-refractivity contribution in [2.75, 3.05) is 5.73 Å². The van der Waals surface area contributed by atoms with Crippen LogP contribution >= 0.6 is 23.1 Å². The van der Waals surface area contributed by atoms with Gasteiger partial charge in [-0.2, -0.15) is 5.26 Å². The van der Waals surface area contributed by atoms with Crippen LogP contribution < -0.4 is 5.73 Å². The Labute approximate surface area is 121 Å². The molecule has 0 unspecified atom stereocenters. The fourth-order valence-corrected chi connectivity index (χ4v) is 3.57. The molecule has 20 heavy (non-hydrogen) atoms. The predicted octanol–water partition coefficient (Wildman–Crippen LogP) is 3.51. The lowest BCUT2D eigenvalue weighted by Gasteiger charge is -2.04. The van der Waals surface area contributed by atoms with E-state index in [-0.39, 0.29) is 5.69 Å². The highest BCUT2D eigenvalue weighted by Crippen LogP contribution is 2.40. The van der Waals surface area contributed by atoms with Gasteiger partial charge in [-0.3, -0.25) is 10.1 Å². The molecule has 8 heteroatoms. The number of nitro benzene ring substituents is 1. The molecule has 98 valence electrons. The van der Waals surface area contributed by atoms with E-state index in [0.717, 1.165) is 16.5 Å². The molecule has 6 nitrogen and oxygen atoms in total. The molecule has 1 heterocycles. The largest absolute Gasteiger partial charge is 0.375 e. The molecule has 0 bridgehead atoms. The first-order valence-electron chi connectivity index (χ1n) is 5.44. The Morgan fingerprint density at radius 2 is 2.30 bits per heavy atom. The maximum atomic E-state index is 11.2. The molecule has 2 N–H and O–H groups in total. The molecule has 0 atom stereocenters. The lowest BCUT2D eigenvalue weighted by molar-refractivity contribution is -0.383. The number of thioether (sulfide) groups is 1. The number of hydrogen-bond donors (Lipinski definition) is 1. The van der Waals surface area contributed by atoms with Gasteiger partial charge in [0.2, 0.25) is 0 Å². The van der Waals surface area contributed by atoms with Gasteiger partial charge in [-0.25, -0.2) is 4.98 Å². The van der Waals surface area contributed by atoms with Gasteiger partial charge in [0.1, 0.15) is 5.40 Å². The van der Waals surface area contributed by atoms with Crippen LogP contribution in [0.25, 0.3) is 21.0 Å². The summed E-state index contributed by atoms with van der Waals surface area (Å²) >= 11 is 2.19. The molecule has 0 spiro atoms. The number of nitrogens with two attached hydrogens (primary N) is 1. The summed E-state index contributed by atoms with van der Waals surface area (Å²) in [5.74, 6) is 0. The summed E-state index contributed by atoms with van der Waals surface area (Å²) in [5, 5.41) is 23.5. The molecule has 0 aliphatic rings. The van der Waals surface area contributed by atoms with Crippen LogP contribution in [0.5, 0.6) is 0 Å². The van der Waals surface area contributed by atoms with Crippen molar-refractivity contribution in [2.24, 2.45) is 0 Å². The second-order valence-corrected chi connectivity index (χ2v) is 5.81. The third kappa shape index (κ3) is 1.84. The van der Waals surface area contributed by atoms with Crippen LogP contribution in [0.1, 0.15) is 0 Å². The number of hydrogen-bond acceptors (Lipinski definition) is 7. The van der Waals surface area contributed by atoms with Crippen LogP contribution in [-0.4, -0.2) is 9.91 Å². The van der Waals surface area contributed by atoms with Gasteiger partial charge in [0, 0.05) is 16.3 Å². The number of non-ortho nitro benzene ring substituents is 1. The van der Waals surface area contributed by atoms with Crippen molar-refractivity contribution in [1.82, 2.24) is 4.98 Å². The Hall–Kier alpha value is -2.37. The zero-order valence-corrected chi connectivity index (χ0v) is 11.5. The smallest absolute Gasteiger partial charge is 0.278 e. The van der Waals surface area contributed by atoms with Gasteiger partial charge < -0.3 is 5.73 Å². The number of anilines is 1. The van der Waals surface area contributed by atoms with Crippen LogP contribution in [0.3, 0.4) is 0 Å². The standard InChI is InChI=1S/C12H6N4O2S2/c13-5-19-8-4-9-11(15-12(14)20-9)6-2-1-3-7(10(6)8)16(17)18/h1-4H,(H2,14,15). The van der Waals surface area contributed by atoms with E-state index >= 15 is 0 Å². The van der Waals surface area contributed by atoms with Crippen LogP contribution in [0, 0.1) is 20.8 Å². The number of nitrogen functional groups attached to an aromatic ring is 1. The summed E-state index contributed by atoms with van der Waals surface area (Å²) < 4.78 is 0.813. The van der Waals surface area contributed by atoms with Crippen molar-refractivity contribution >= 4 is 54.9 Å². The van der Waals surface area contributed by atoms with Gasteiger partial charge >= 0.3 is 0 Å². The predicted molar refractivity (Wildman–Crippen MR) is 79.7 cm³/mol. The van der Waals surface area contributed by atoms with Gasteiger partial charge in [-0.15, -0.1) is 0 Å². The van der Waals surface area contributed by atoms with Crippen LogP contribution in [0.2, 0.25) is 0 Å². The molecule has 1 aromatic heterocycles. The van der Waals surface area contributed by atoms with Crippen molar-refractivity contribution in [3.8, 4) is 5.40 Å². The van der Waals surface area contributed by atoms with Crippen LogP contribution in [0.15, 0.2) is 29.2 Å². The summed E-state index contributed by atoms with van der Waals surface area (Å²) in [5.41, 5.74) is 6.30. The summed E-state index contributed by atoms with van der Waals surface area (Å²) in [6.45, 7) is 0. The average molecular weight is 302 g/mol. The number of fused-ring (bicyclic) bond motifs is 3. The molecule has 3 aromatic rings.